The molecule has 0 atom stereocenters. The maximum Gasteiger partial charge on any atom is 0.275 e. The van der Waals surface area contributed by atoms with Crippen LogP contribution >= 0.6 is 0 Å². The number of hydroxylamine groups is 1. The maximum atomic E-state index is 12.9. The number of amides is 1. The summed E-state index contributed by atoms with van der Waals surface area (Å²) in [5.74, 6) is -1.02. The van der Waals surface area contributed by atoms with Gasteiger partial charge in [0, 0.05) is 36.6 Å². The smallest absolute Gasteiger partial charge is 0.275 e. The first-order valence-corrected chi connectivity index (χ1v) is 14.6. The van der Waals surface area contributed by atoms with Gasteiger partial charge in [0.15, 0.2) is 15.5 Å². The lowest BCUT2D eigenvalue weighted by Crippen LogP contribution is -2.50. The Kier molecular flexibility index (Phi) is 7.59. The van der Waals surface area contributed by atoms with Crippen LogP contribution in [-0.4, -0.2) is 76.1 Å². The van der Waals surface area contributed by atoms with Gasteiger partial charge < -0.3 is 15.2 Å². The molecule has 5 rings (SSSR count). The highest BCUT2D eigenvalue weighted by molar-refractivity contribution is 7.91. The van der Waals surface area contributed by atoms with Crippen LogP contribution in [0.4, 0.5) is 5.82 Å². The molecule has 4 aromatic rings. The van der Waals surface area contributed by atoms with Crippen LogP contribution in [-0.2, 0) is 24.1 Å². The van der Waals surface area contributed by atoms with Gasteiger partial charge in [0.2, 0.25) is 0 Å². The van der Waals surface area contributed by atoms with Crippen LogP contribution in [0.5, 0.6) is 0 Å². The normalized spacial score (nSPS) is 19.6. The highest BCUT2D eigenvalue weighted by Gasteiger charge is 2.44. The van der Waals surface area contributed by atoms with Crippen molar-refractivity contribution in [1.29, 1.82) is 0 Å². The molecule has 3 heterocycles. The number of para-hydroxylation sites is 1. The molecule has 4 N–H and O–H groups in total. The second-order valence-corrected chi connectivity index (χ2v) is 11.8. The summed E-state index contributed by atoms with van der Waals surface area (Å²) in [6, 6.07) is 9.61. The van der Waals surface area contributed by atoms with Crippen LogP contribution in [0.15, 0.2) is 53.8 Å². The van der Waals surface area contributed by atoms with E-state index in [1.165, 1.54) is 11.6 Å². The molecular formula is C26H31N7O6S. The van der Waals surface area contributed by atoms with Gasteiger partial charge in [-0.25, -0.2) is 23.6 Å². The number of nitrogen functional groups attached to an aromatic ring is 1. The average Bonchev–Trinajstić information content (AvgIpc) is 3.60. The monoisotopic (exact) mass is 569 g/mol. The zero-order valence-corrected chi connectivity index (χ0v) is 23.0. The standard InChI is InChI=1S/C26H31N7O6S/c1-38-12-13-39-26(25(34)31-35)10-8-17(9-11-26)21-22(40(2,36)37)23(27)33-24(30-21)20(15-29-33)18-14-28-32(16-18)19-6-4-3-5-7-19/h3-7,14-17,35H,8-13,27H2,1-2H3,(H,31,34). The summed E-state index contributed by atoms with van der Waals surface area (Å²) < 4.78 is 39.8. The minimum Gasteiger partial charge on any atom is -0.382 e. The summed E-state index contributed by atoms with van der Waals surface area (Å²) in [5.41, 5.74) is 9.84. The second-order valence-electron chi connectivity index (χ2n) is 9.84. The molecule has 1 aliphatic rings. The van der Waals surface area contributed by atoms with E-state index in [4.69, 9.17) is 20.2 Å². The molecule has 212 valence electrons. The molecule has 3 aromatic heterocycles. The Balaban J connectivity index is 1.54. The lowest BCUT2D eigenvalue weighted by molar-refractivity contribution is -0.163. The number of nitrogens with zero attached hydrogens (tertiary/aromatic N) is 5. The van der Waals surface area contributed by atoms with Gasteiger partial charge in [-0.1, -0.05) is 18.2 Å². The number of rotatable bonds is 9. The number of hydrogen-bond donors (Lipinski definition) is 3. The average molecular weight is 570 g/mol. The van der Waals surface area contributed by atoms with Gasteiger partial charge in [0.05, 0.1) is 37.0 Å². The van der Waals surface area contributed by atoms with Gasteiger partial charge in [-0.05, 0) is 37.8 Å². The first-order valence-electron chi connectivity index (χ1n) is 12.7. The Hall–Kier alpha value is -3.85. The number of fused-ring (bicyclic) bond motifs is 1. The van der Waals surface area contributed by atoms with Crippen molar-refractivity contribution in [2.75, 3.05) is 32.3 Å². The minimum atomic E-state index is -3.79. The fourth-order valence-electron chi connectivity index (χ4n) is 5.28. The molecule has 0 aliphatic heterocycles. The van der Waals surface area contributed by atoms with E-state index in [0.29, 0.717) is 29.7 Å². The van der Waals surface area contributed by atoms with Gasteiger partial charge in [-0.2, -0.15) is 14.7 Å². The summed E-state index contributed by atoms with van der Waals surface area (Å²) in [7, 11) is -2.27. The molecule has 1 amide bonds. The van der Waals surface area contributed by atoms with E-state index in [-0.39, 0.29) is 42.7 Å². The number of aromatic nitrogens is 5. The molecule has 1 aliphatic carbocycles. The molecule has 0 radical (unpaired) electrons. The van der Waals surface area contributed by atoms with E-state index < -0.39 is 21.3 Å². The van der Waals surface area contributed by atoms with Crippen LogP contribution < -0.4 is 11.2 Å². The zero-order chi connectivity index (χ0) is 28.5. The third kappa shape index (κ3) is 5.06. The summed E-state index contributed by atoms with van der Waals surface area (Å²) in [4.78, 5) is 17.3. The molecule has 0 spiro atoms. The molecule has 14 heteroatoms. The van der Waals surface area contributed by atoms with Crippen molar-refractivity contribution in [3.63, 3.8) is 0 Å². The third-order valence-corrected chi connectivity index (χ3v) is 8.47. The Bertz CT molecular complexity index is 1630. The van der Waals surface area contributed by atoms with E-state index in [9.17, 15) is 18.4 Å². The van der Waals surface area contributed by atoms with Crippen LogP contribution in [0.1, 0.15) is 37.3 Å². The molecule has 1 fully saturated rings. The fraction of sp³-hybridized carbons (Fsp3) is 0.385. The number of hydrogen-bond acceptors (Lipinski definition) is 10. The van der Waals surface area contributed by atoms with Crippen molar-refractivity contribution in [2.45, 2.75) is 42.1 Å². The largest absolute Gasteiger partial charge is 0.382 e. The summed E-state index contributed by atoms with van der Waals surface area (Å²) in [6.07, 6.45) is 7.42. The summed E-state index contributed by atoms with van der Waals surface area (Å²) in [6.45, 7) is 0.442. The first kappa shape index (κ1) is 27.7. The molecule has 0 saturated heterocycles. The molecular weight excluding hydrogens is 538 g/mol. The molecule has 1 saturated carbocycles. The predicted octanol–water partition coefficient (Wildman–Crippen LogP) is 2.13. The zero-order valence-electron chi connectivity index (χ0n) is 22.1. The van der Waals surface area contributed by atoms with E-state index in [2.05, 4.69) is 10.2 Å². The first-order chi connectivity index (χ1) is 19.2. The van der Waals surface area contributed by atoms with Gasteiger partial charge in [0.1, 0.15) is 16.3 Å². The summed E-state index contributed by atoms with van der Waals surface area (Å²) in [5, 5.41) is 18.2. The highest BCUT2D eigenvalue weighted by Crippen LogP contribution is 2.43. The van der Waals surface area contributed by atoms with Gasteiger partial charge in [-0.15, -0.1) is 0 Å². The lowest BCUT2D eigenvalue weighted by Gasteiger charge is -2.38. The fourth-order valence-corrected chi connectivity index (χ4v) is 6.34. The molecule has 0 unspecified atom stereocenters. The molecule has 13 nitrogen and oxygen atoms in total. The van der Waals surface area contributed by atoms with Crippen molar-refractivity contribution in [3.05, 3.63) is 54.6 Å². The van der Waals surface area contributed by atoms with E-state index in [0.717, 1.165) is 17.5 Å². The Morgan fingerprint density at radius 3 is 2.55 bits per heavy atom. The van der Waals surface area contributed by atoms with Gasteiger partial charge in [-0.3, -0.25) is 10.0 Å². The topological polar surface area (TPSA) is 176 Å². The summed E-state index contributed by atoms with van der Waals surface area (Å²) >= 11 is 0. The highest BCUT2D eigenvalue weighted by atomic mass is 32.2. The second kappa shape index (κ2) is 11.0. The molecule has 1 aromatic carbocycles. The number of carbonyl (C=O) groups is 1. The number of sulfone groups is 1. The number of anilines is 1. The predicted molar refractivity (Wildman–Crippen MR) is 145 cm³/mol. The molecule has 40 heavy (non-hydrogen) atoms. The SMILES string of the molecule is COCCOC1(C(=O)NO)CCC(c2nc3c(-c4cnn(-c5ccccc5)c4)cnn3c(N)c2S(C)(=O)=O)CC1. The van der Waals surface area contributed by atoms with Crippen molar-refractivity contribution >= 4 is 27.2 Å². The number of carbonyl (C=O) groups excluding carboxylic acids is 1. The maximum absolute atomic E-state index is 12.9. The number of nitrogens with two attached hydrogens (primary N) is 1. The number of benzene rings is 1. The molecule has 0 bridgehead atoms. The number of ether oxygens (including phenoxy) is 2. The lowest BCUT2D eigenvalue weighted by atomic mass is 9.76. The van der Waals surface area contributed by atoms with Crippen molar-refractivity contribution in [1.82, 2.24) is 29.9 Å². The van der Waals surface area contributed by atoms with E-state index in [1.807, 2.05) is 36.5 Å². The van der Waals surface area contributed by atoms with Crippen molar-refractivity contribution in [3.8, 4) is 16.8 Å². The van der Waals surface area contributed by atoms with Crippen LogP contribution in [0, 0.1) is 0 Å². The van der Waals surface area contributed by atoms with Crippen molar-refractivity contribution < 1.29 is 27.9 Å². The Morgan fingerprint density at radius 1 is 1.18 bits per heavy atom. The Morgan fingerprint density at radius 2 is 1.90 bits per heavy atom. The van der Waals surface area contributed by atoms with E-state index in [1.54, 1.807) is 22.6 Å². The van der Waals surface area contributed by atoms with Gasteiger partial charge >= 0.3 is 0 Å². The minimum absolute atomic E-state index is 0.0366. The van der Waals surface area contributed by atoms with Gasteiger partial charge in [0.25, 0.3) is 5.91 Å². The van der Waals surface area contributed by atoms with E-state index >= 15 is 0 Å². The number of nitrogens with one attached hydrogen (secondary N) is 1. The quantitative estimate of drug-likeness (QED) is 0.154. The Labute approximate surface area is 230 Å². The third-order valence-electron chi connectivity index (χ3n) is 7.31. The van der Waals surface area contributed by atoms with Crippen LogP contribution in [0.25, 0.3) is 22.5 Å². The van der Waals surface area contributed by atoms with Crippen LogP contribution in [0.2, 0.25) is 0 Å². The van der Waals surface area contributed by atoms with Crippen LogP contribution in [0.3, 0.4) is 0 Å². The van der Waals surface area contributed by atoms with Crippen molar-refractivity contribution in [2.24, 2.45) is 0 Å². The number of methoxy groups -OCH3 is 1.